The second-order valence-corrected chi connectivity index (χ2v) is 22.3. The summed E-state index contributed by atoms with van der Waals surface area (Å²) < 4.78 is 14.0. The van der Waals surface area contributed by atoms with Crippen molar-refractivity contribution in [1.29, 1.82) is 0 Å². The summed E-state index contributed by atoms with van der Waals surface area (Å²) in [6.45, 7) is 15.1. The molecular formula is C47H78N2O6. The molecule has 6 N–H and O–H groups in total. The van der Waals surface area contributed by atoms with E-state index in [-0.39, 0.29) is 52.7 Å². The largest absolute Gasteiger partial charge is 0.393 e. The highest BCUT2D eigenvalue weighted by molar-refractivity contribution is 5.95. The van der Waals surface area contributed by atoms with E-state index < -0.39 is 28.3 Å². The number of nitrogens with two attached hydrogens (primary N) is 1. The van der Waals surface area contributed by atoms with E-state index in [2.05, 4.69) is 39.9 Å². The Bertz CT molecular complexity index is 1460. The molecule has 8 aliphatic rings. The predicted molar refractivity (Wildman–Crippen MR) is 216 cm³/mol. The number of epoxide rings is 1. The fourth-order valence-corrected chi connectivity index (χ4v) is 14.9. The van der Waals surface area contributed by atoms with Crippen LogP contribution < -0.4 is 11.1 Å². The van der Waals surface area contributed by atoms with Crippen LogP contribution in [0.1, 0.15) is 164 Å². The molecule has 3 heterocycles. The molecule has 0 radical (unpaired) electrons. The Labute approximate surface area is 332 Å². The van der Waals surface area contributed by atoms with Crippen LogP contribution in [-0.4, -0.2) is 75.5 Å². The molecule has 8 nitrogen and oxygen atoms in total. The number of carbonyl (C=O) groups excluding carboxylic acids is 1. The topological polar surface area (TPSA) is 138 Å². The van der Waals surface area contributed by atoms with Gasteiger partial charge in [0.15, 0.2) is 5.78 Å². The van der Waals surface area contributed by atoms with Gasteiger partial charge in [-0.1, -0.05) is 73.1 Å². The lowest BCUT2D eigenvalue weighted by molar-refractivity contribution is -0.201. The van der Waals surface area contributed by atoms with Crippen LogP contribution in [-0.2, 0) is 14.3 Å². The number of aliphatic hydroxyl groups excluding tert-OH is 1. The molecule has 0 aromatic carbocycles. The van der Waals surface area contributed by atoms with Gasteiger partial charge in [-0.05, 0) is 155 Å². The smallest absolute Gasteiger partial charge is 0.159 e. The van der Waals surface area contributed by atoms with Crippen molar-refractivity contribution < 1.29 is 29.6 Å². The van der Waals surface area contributed by atoms with Crippen molar-refractivity contribution in [2.45, 2.75) is 205 Å². The molecule has 55 heavy (non-hydrogen) atoms. The third-order valence-electron chi connectivity index (χ3n) is 18.7. The number of rotatable bonds is 10. The maximum absolute atomic E-state index is 14.2. The van der Waals surface area contributed by atoms with Crippen molar-refractivity contribution in [3.05, 3.63) is 11.6 Å². The first-order valence-electron chi connectivity index (χ1n) is 23.1. The quantitative estimate of drug-likeness (QED) is 0.144. The fraction of sp³-hybridized carbons (Fsp3) is 0.936. The third-order valence-corrected chi connectivity index (χ3v) is 18.7. The Morgan fingerprint density at radius 2 is 1.71 bits per heavy atom. The van der Waals surface area contributed by atoms with Crippen LogP contribution in [0.3, 0.4) is 0 Å². The standard InChI is InChI=1S/C47H78N2O6/c1-29-18-23-54-46(27-29,41-40(55-41)45(6,52)42(2,3)19-14-31-17-22-49-38(48)24-31)37-16-21-47(53)35-26-36(51)34-25-33(50)15-20-43(34,4)39(35)32(28-44(37,47)5)13-12-30-10-8-7-9-11-30/h26,29-34,37-41,49-50,52-53H,7-25,27-28,48H2,1-6H3/t29-,31?,32-,33-,34+,37+,38?,39+,40-,41+,43-,44+,45-,46+,47-/m0/s1. The van der Waals surface area contributed by atoms with E-state index >= 15 is 0 Å². The average molecular weight is 767 g/mol. The first-order valence-corrected chi connectivity index (χ1v) is 23.1. The molecule has 8 heteroatoms. The van der Waals surface area contributed by atoms with Crippen LogP contribution in [0, 0.1) is 57.7 Å². The molecule has 7 fully saturated rings. The van der Waals surface area contributed by atoms with Crippen LogP contribution in [0.25, 0.3) is 0 Å². The molecule has 3 aliphatic heterocycles. The molecule has 5 aliphatic carbocycles. The molecule has 312 valence electrons. The lowest BCUT2D eigenvalue weighted by Gasteiger charge is -2.63. The molecule has 4 saturated carbocycles. The highest BCUT2D eigenvalue weighted by Crippen LogP contribution is 2.72. The molecule has 0 amide bonds. The van der Waals surface area contributed by atoms with Gasteiger partial charge in [0.25, 0.3) is 0 Å². The molecular weight excluding hydrogens is 689 g/mol. The van der Waals surface area contributed by atoms with Gasteiger partial charge in [0.2, 0.25) is 0 Å². The first kappa shape index (κ1) is 40.9. The summed E-state index contributed by atoms with van der Waals surface area (Å²) in [5.41, 5.74) is 3.34. The number of ketones is 1. The number of allylic oxidation sites excluding steroid dienone is 1. The maximum Gasteiger partial charge on any atom is 0.159 e. The molecule has 0 aromatic heterocycles. The highest BCUT2D eigenvalue weighted by atomic mass is 16.6. The van der Waals surface area contributed by atoms with Crippen molar-refractivity contribution in [2.24, 2.45) is 63.4 Å². The number of ether oxygens (including phenoxy) is 2. The van der Waals surface area contributed by atoms with Gasteiger partial charge in [-0.3, -0.25) is 4.79 Å². The van der Waals surface area contributed by atoms with Crippen molar-refractivity contribution >= 4 is 5.78 Å². The number of carbonyl (C=O) groups is 1. The third kappa shape index (κ3) is 6.78. The normalized spacial score (nSPS) is 49.0. The number of piperidine rings is 1. The molecule has 0 spiro atoms. The van der Waals surface area contributed by atoms with E-state index in [9.17, 15) is 20.1 Å². The van der Waals surface area contributed by atoms with Crippen LogP contribution in [0.5, 0.6) is 0 Å². The zero-order chi connectivity index (χ0) is 39.2. The molecule has 0 bridgehead atoms. The Hall–Kier alpha value is -0.870. The molecule has 0 aromatic rings. The predicted octanol–water partition coefficient (Wildman–Crippen LogP) is 7.60. The number of nitrogens with one attached hydrogen (secondary N) is 1. The van der Waals surface area contributed by atoms with E-state index in [4.69, 9.17) is 15.2 Å². The van der Waals surface area contributed by atoms with Crippen LogP contribution in [0.15, 0.2) is 11.6 Å². The van der Waals surface area contributed by atoms with Crippen LogP contribution in [0.4, 0.5) is 0 Å². The van der Waals surface area contributed by atoms with Crippen LogP contribution in [0.2, 0.25) is 0 Å². The Kier molecular flexibility index (Phi) is 10.9. The second kappa shape index (κ2) is 14.7. The lowest BCUT2D eigenvalue weighted by Crippen LogP contribution is -2.65. The number of fused-ring (bicyclic) bond motifs is 5. The van der Waals surface area contributed by atoms with Gasteiger partial charge in [0, 0.05) is 17.9 Å². The Balaban J connectivity index is 1.12. The molecule has 15 atom stereocenters. The SMILES string of the molecule is C[C@H]1CCO[C@@]([C@@H]2O[C@@H]2[C@](C)(O)C(C)(C)CCC2CCNC(N)C2)([C@@H]2CC[C@]3(O)C4=CC(=O)[C@H]5C[C@@H](O)CC[C@]5(C)[C@@H]4[C@@H](CCC4CCCCC4)C[C@]23C)C1. The van der Waals surface area contributed by atoms with E-state index in [1.54, 1.807) is 0 Å². The van der Waals surface area contributed by atoms with E-state index in [0.29, 0.717) is 37.2 Å². The van der Waals surface area contributed by atoms with Gasteiger partial charge in [-0.15, -0.1) is 0 Å². The number of hydrogen-bond acceptors (Lipinski definition) is 8. The second-order valence-electron chi connectivity index (χ2n) is 22.3. The zero-order valence-corrected chi connectivity index (χ0v) is 35.4. The lowest BCUT2D eigenvalue weighted by atomic mass is 9.42. The number of hydrogen-bond donors (Lipinski definition) is 5. The minimum Gasteiger partial charge on any atom is -0.393 e. The summed E-state index contributed by atoms with van der Waals surface area (Å²) in [6, 6.07) is 0. The van der Waals surface area contributed by atoms with Gasteiger partial charge in [-0.2, -0.15) is 0 Å². The van der Waals surface area contributed by atoms with Gasteiger partial charge < -0.3 is 35.8 Å². The monoisotopic (exact) mass is 767 g/mol. The van der Waals surface area contributed by atoms with E-state index in [1.165, 1.54) is 38.5 Å². The van der Waals surface area contributed by atoms with Gasteiger partial charge in [0.1, 0.15) is 17.8 Å². The van der Waals surface area contributed by atoms with Gasteiger partial charge in [-0.25, -0.2) is 0 Å². The Morgan fingerprint density at radius 3 is 2.44 bits per heavy atom. The summed E-state index contributed by atoms with van der Waals surface area (Å²) in [7, 11) is 0. The highest BCUT2D eigenvalue weighted by Gasteiger charge is 2.76. The van der Waals surface area contributed by atoms with E-state index in [0.717, 1.165) is 88.7 Å². The Morgan fingerprint density at radius 1 is 0.945 bits per heavy atom. The van der Waals surface area contributed by atoms with Gasteiger partial charge in [0.05, 0.1) is 23.5 Å². The summed E-state index contributed by atoms with van der Waals surface area (Å²) in [5.74, 6) is 2.24. The van der Waals surface area contributed by atoms with Crippen LogP contribution >= 0.6 is 0 Å². The van der Waals surface area contributed by atoms with Crippen molar-refractivity contribution in [3.63, 3.8) is 0 Å². The first-order chi connectivity index (χ1) is 25.9. The minimum absolute atomic E-state index is 0.0331. The van der Waals surface area contributed by atoms with Crippen molar-refractivity contribution in [3.8, 4) is 0 Å². The number of aliphatic hydroxyl groups is 3. The van der Waals surface area contributed by atoms with E-state index in [1.807, 2.05) is 13.0 Å². The fourth-order valence-electron chi connectivity index (χ4n) is 14.9. The molecule has 3 saturated heterocycles. The maximum atomic E-state index is 14.2. The average Bonchev–Trinajstić information content (AvgIpc) is 3.91. The zero-order valence-electron chi connectivity index (χ0n) is 35.4. The molecule has 8 rings (SSSR count). The summed E-state index contributed by atoms with van der Waals surface area (Å²) >= 11 is 0. The van der Waals surface area contributed by atoms with Crippen molar-refractivity contribution in [1.82, 2.24) is 5.32 Å². The minimum atomic E-state index is -1.11. The summed E-state index contributed by atoms with van der Waals surface area (Å²) in [5, 5.41) is 40.3. The summed E-state index contributed by atoms with van der Waals surface area (Å²) in [4.78, 5) is 14.2. The van der Waals surface area contributed by atoms with Crippen molar-refractivity contribution in [2.75, 3.05) is 13.2 Å². The summed E-state index contributed by atoms with van der Waals surface area (Å²) in [6.07, 6.45) is 20.3. The van der Waals surface area contributed by atoms with Gasteiger partial charge >= 0.3 is 0 Å². The molecule has 2 unspecified atom stereocenters.